The Morgan fingerprint density at radius 1 is 1.24 bits per heavy atom. The van der Waals surface area contributed by atoms with Crippen LogP contribution in [0.5, 0.6) is 0 Å². The lowest BCUT2D eigenvalue weighted by atomic mass is 10.1. The summed E-state index contributed by atoms with van der Waals surface area (Å²) in [7, 11) is 0. The zero-order chi connectivity index (χ0) is 11.8. The van der Waals surface area contributed by atoms with Gasteiger partial charge in [-0.05, 0) is 12.5 Å². The molecule has 3 rings (SSSR count). The molecule has 0 saturated carbocycles. The molecule has 0 amide bonds. The first-order valence-electron chi connectivity index (χ1n) is 5.38. The van der Waals surface area contributed by atoms with Gasteiger partial charge < -0.3 is 5.73 Å². The van der Waals surface area contributed by atoms with E-state index in [1.54, 1.807) is 11.3 Å². The SMILES string of the molecule is Cc1csc2nnc(-c3ccc(CN)cc3)n12. The average molecular weight is 244 g/mol. The van der Waals surface area contributed by atoms with Crippen molar-refractivity contribution < 1.29 is 0 Å². The minimum atomic E-state index is 0.563. The minimum Gasteiger partial charge on any atom is -0.326 e. The average Bonchev–Trinajstić information content (AvgIpc) is 2.93. The molecule has 0 unspecified atom stereocenters. The molecular weight excluding hydrogens is 232 g/mol. The third kappa shape index (κ3) is 1.64. The molecule has 1 aromatic carbocycles. The number of benzene rings is 1. The van der Waals surface area contributed by atoms with Crippen LogP contribution in [0.4, 0.5) is 0 Å². The summed E-state index contributed by atoms with van der Waals surface area (Å²) in [6.07, 6.45) is 0. The van der Waals surface area contributed by atoms with E-state index in [1.807, 2.05) is 24.3 Å². The highest BCUT2D eigenvalue weighted by molar-refractivity contribution is 7.15. The highest BCUT2D eigenvalue weighted by Gasteiger charge is 2.10. The summed E-state index contributed by atoms with van der Waals surface area (Å²) in [5.41, 5.74) is 8.93. The highest BCUT2D eigenvalue weighted by Crippen LogP contribution is 2.23. The molecule has 2 aromatic heterocycles. The number of rotatable bonds is 2. The van der Waals surface area contributed by atoms with Crippen molar-refractivity contribution in [3.05, 3.63) is 40.9 Å². The fourth-order valence-corrected chi connectivity index (χ4v) is 2.64. The van der Waals surface area contributed by atoms with Crippen molar-refractivity contribution in [3.63, 3.8) is 0 Å². The van der Waals surface area contributed by atoms with Gasteiger partial charge in [0.15, 0.2) is 5.82 Å². The normalized spacial score (nSPS) is 11.2. The Kier molecular flexibility index (Phi) is 2.42. The molecule has 0 aliphatic carbocycles. The molecule has 0 fully saturated rings. The summed E-state index contributed by atoms with van der Waals surface area (Å²) >= 11 is 1.61. The zero-order valence-electron chi connectivity index (χ0n) is 9.42. The van der Waals surface area contributed by atoms with Crippen LogP contribution in [0.1, 0.15) is 11.3 Å². The summed E-state index contributed by atoms with van der Waals surface area (Å²) in [5, 5.41) is 10.5. The first-order chi connectivity index (χ1) is 8.29. The standard InChI is InChI=1S/C12H12N4S/c1-8-7-17-12-15-14-11(16(8)12)10-4-2-9(6-13)3-5-10/h2-5,7H,6,13H2,1H3. The van der Waals surface area contributed by atoms with E-state index in [1.165, 1.54) is 0 Å². The van der Waals surface area contributed by atoms with Gasteiger partial charge >= 0.3 is 0 Å². The number of thiazole rings is 1. The van der Waals surface area contributed by atoms with Crippen LogP contribution in [-0.4, -0.2) is 14.6 Å². The molecule has 0 saturated heterocycles. The van der Waals surface area contributed by atoms with Crippen molar-refractivity contribution in [1.82, 2.24) is 14.6 Å². The van der Waals surface area contributed by atoms with Crippen LogP contribution in [0.15, 0.2) is 29.6 Å². The van der Waals surface area contributed by atoms with Crippen molar-refractivity contribution in [2.75, 3.05) is 0 Å². The van der Waals surface area contributed by atoms with Crippen LogP contribution < -0.4 is 5.73 Å². The predicted octanol–water partition coefficient (Wildman–Crippen LogP) is 2.22. The molecule has 2 N–H and O–H groups in total. The van der Waals surface area contributed by atoms with E-state index in [2.05, 4.69) is 26.9 Å². The Balaban J connectivity index is 2.16. The molecular formula is C12H12N4S. The lowest BCUT2D eigenvalue weighted by Crippen LogP contribution is -1.96. The van der Waals surface area contributed by atoms with Crippen LogP contribution in [-0.2, 0) is 6.54 Å². The Morgan fingerprint density at radius 2 is 2.00 bits per heavy atom. The van der Waals surface area contributed by atoms with Crippen molar-refractivity contribution in [3.8, 4) is 11.4 Å². The molecule has 0 radical (unpaired) electrons. The van der Waals surface area contributed by atoms with Crippen molar-refractivity contribution in [2.45, 2.75) is 13.5 Å². The number of aryl methyl sites for hydroxylation is 1. The van der Waals surface area contributed by atoms with Crippen molar-refractivity contribution in [1.29, 1.82) is 0 Å². The molecule has 0 aliphatic heterocycles. The lowest BCUT2D eigenvalue weighted by molar-refractivity contribution is 1.06. The van der Waals surface area contributed by atoms with Gasteiger partial charge in [0.25, 0.3) is 0 Å². The number of fused-ring (bicyclic) bond motifs is 1. The number of nitrogens with zero attached hydrogens (tertiary/aromatic N) is 3. The molecule has 2 heterocycles. The van der Waals surface area contributed by atoms with Gasteiger partial charge in [-0.2, -0.15) is 0 Å². The maximum absolute atomic E-state index is 5.59. The van der Waals surface area contributed by atoms with E-state index in [-0.39, 0.29) is 0 Å². The second-order valence-electron chi connectivity index (χ2n) is 3.92. The minimum absolute atomic E-state index is 0.563. The molecule has 0 atom stereocenters. The fourth-order valence-electron chi connectivity index (χ4n) is 1.83. The maximum atomic E-state index is 5.59. The largest absolute Gasteiger partial charge is 0.326 e. The van der Waals surface area contributed by atoms with Gasteiger partial charge in [-0.25, -0.2) is 0 Å². The first kappa shape index (κ1) is 10.4. The van der Waals surface area contributed by atoms with Crippen molar-refractivity contribution >= 4 is 16.3 Å². The van der Waals surface area contributed by atoms with E-state index in [0.29, 0.717) is 6.54 Å². The van der Waals surface area contributed by atoms with Gasteiger partial charge in [0.05, 0.1) is 0 Å². The van der Waals surface area contributed by atoms with Gasteiger partial charge in [0, 0.05) is 23.2 Å². The van der Waals surface area contributed by atoms with Crippen LogP contribution in [0.25, 0.3) is 16.3 Å². The third-order valence-electron chi connectivity index (χ3n) is 2.77. The number of aromatic nitrogens is 3. The smallest absolute Gasteiger partial charge is 0.216 e. The molecule has 86 valence electrons. The van der Waals surface area contributed by atoms with Crippen molar-refractivity contribution in [2.24, 2.45) is 5.73 Å². The molecule has 17 heavy (non-hydrogen) atoms. The van der Waals surface area contributed by atoms with Gasteiger partial charge in [-0.15, -0.1) is 21.5 Å². The zero-order valence-corrected chi connectivity index (χ0v) is 10.2. The second-order valence-corrected chi connectivity index (χ2v) is 4.76. The number of hydrogen-bond donors (Lipinski definition) is 1. The summed E-state index contributed by atoms with van der Waals surface area (Å²) in [4.78, 5) is 0.931. The molecule has 0 spiro atoms. The van der Waals surface area contributed by atoms with Crippen LogP contribution >= 0.6 is 11.3 Å². The molecule has 3 aromatic rings. The number of hydrogen-bond acceptors (Lipinski definition) is 4. The maximum Gasteiger partial charge on any atom is 0.216 e. The van der Waals surface area contributed by atoms with E-state index in [4.69, 9.17) is 5.73 Å². The molecule has 5 heteroatoms. The van der Waals surface area contributed by atoms with Crippen LogP contribution in [0.2, 0.25) is 0 Å². The fraction of sp³-hybridized carbons (Fsp3) is 0.167. The third-order valence-corrected chi connectivity index (χ3v) is 3.70. The highest BCUT2D eigenvalue weighted by atomic mass is 32.1. The van der Waals surface area contributed by atoms with E-state index in [9.17, 15) is 0 Å². The summed E-state index contributed by atoms with van der Waals surface area (Å²) < 4.78 is 2.07. The number of nitrogens with two attached hydrogens (primary N) is 1. The predicted molar refractivity (Wildman–Crippen MR) is 68.9 cm³/mol. The van der Waals surface area contributed by atoms with Gasteiger partial charge in [0.2, 0.25) is 4.96 Å². The van der Waals surface area contributed by atoms with Crippen LogP contribution in [0.3, 0.4) is 0 Å². The van der Waals surface area contributed by atoms with E-state index < -0.39 is 0 Å². The Labute approximate surface area is 103 Å². The van der Waals surface area contributed by atoms with E-state index in [0.717, 1.165) is 27.6 Å². The second kappa shape index (κ2) is 3.94. The Bertz CT molecular complexity index is 651. The van der Waals surface area contributed by atoms with Gasteiger partial charge in [-0.1, -0.05) is 24.3 Å². The quantitative estimate of drug-likeness (QED) is 0.752. The summed E-state index contributed by atoms with van der Waals surface area (Å²) in [5.74, 6) is 0.891. The molecule has 0 aliphatic rings. The molecule has 4 nitrogen and oxygen atoms in total. The van der Waals surface area contributed by atoms with Gasteiger partial charge in [0.1, 0.15) is 0 Å². The Morgan fingerprint density at radius 3 is 2.71 bits per heavy atom. The Hall–Kier alpha value is -1.72. The monoisotopic (exact) mass is 244 g/mol. The summed E-state index contributed by atoms with van der Waals surface area (Å²) in [6, 6.07) is 8.13. The van der Waals surface area contributed by atoms with Crippen LogP contribution in [0, 0.1) is 6.92 Å². The molecule has 0 bridgehead atoms. The van der Waals surface area contributed by atoms with Gasteiger partial charge in [-0.3, -0.25) is 4.40 Å². The topological polar surface area (TPSA) is 56.2 Å². The first-order valence-corrected chi connectivity index (χ1v) is 6.26. The summed E-state index contributed by atoms with van der Waals surface area (Å²) in [6.45, 7) is 2.62. The lowest BCUT2D eigenvalue weighted by Gasteiger charge is -2.01. The van der Waals surface area contributed by atoms with E-state index >= 15 is 0 Å².